The van der Waals surface area contributed by atoms with E-state index >= 15 is 0 Å². The van der Waals surface area contributed by atoms with Crippen LogP contribution in [0.2, 0.25) is 0 Å². The van der Waals surface area contributed by atoms with E-state index in [1.165, 1.54) is 0 Å². The van der Waals surface area contributed by atoms with Gasteiger partial charge < -0.3 is 10.4 Å². The first-order valence-corrected chi connectivity index (χ1v) is 4.85. The lowest BCUT2D eigenvalue weighted by molar-refractivity contribution is -0.142. The fourth-order valence-corrected chi connectivity index (χ4v) is 1.19. The molecule has 16 heavy (non-hydrogen) atoms. The molecule has 0 atom stereocenters. The van der Waals surface area contributed by atoms with Gasteiger partial charge in [0.05, 0.1) is 11.8 Å². The molecule has 1 heterocycles. The molecule has 0 bridgehead atoms. The molecule has 0 spiro atoms. The lowest BCUT2D eigenvalue weighted by atomic mass is 9.88. The van der Waals surface area contributed by atoms with Crippen LogP contribution in [0, 0.1) is 5.41 Å². The van der Waals surface area contributed by atoms with E-state index in [0.29, 0.717) is 5.69 Å². The first-order valence-electron chi connectivity index (χ1n) is 4.85. The number of pyridine rings is 1. The molecule has 1 aromatic heterocycles. The Labute approximate surface area is 93.5 Å². The smallest absolute Gasteiger partial charge is 0.304 e. The van der Waals surface area contributed by atoms with Gasteiger partial charge in [0.25, 0.3) is 0 Å². The van der Waals surface area contributed by atoms with E-state index < -0.39 is 11.4 Å². The second kappa shape index (κ2) is 4.74. The van der Waals surface area contributed by atoms with E-state index in [4.69, 9.17) is 5.11 Å². The minimum Gasteiger partial charge on any atom is -0.481 e. The van der Waals surface area contributed by atoms with Gasteiger partial charge in [-0.25, -0.2) is 0 Å². The summed E-state index contributed by atoms with van der Waals surface area (Å²) in [7, 11) is 0. The summed E-state index contributed by atoms with van der Waals surface area (Å²) in [5.41, 5.74) is -0.326. The van der Waals surface area contributed by atoms with Gasteiger partial charge in [0.2, 0.25) is 5.91 Å². The quantitative estimate of drug-likeness (QED) is 0.809. The highest BCUT2D eigenvalue weighted by Crippen LogP contribution is 2.22. The summed E-state index contributed by atoms with van der Waals surface area (Å²) >= 11 is 0. The van der Waals surface area contributed by atoms with Gasteiger partial charge in [0, 0.05) is 18.1 Å². The Balaban J connectivity index is 2.68. The number of aliphatic carboxylic acids is 1. The van der Waals surface area contributed by atoms with Gasteiger partial charge in [-0.05, 0) is 12.1 Å². The van der Waals surface area contributed by atoms with Gasteiger partial charge in [0.15, 0.2) is 0 Å². The number of anilines is 1. The van der Waals surface area contributed by atoms with Crippen molar-refractivity contribution < 1.29 is 14.7 Å². The Kier molecular flexibility index (Phi) is 3.60. The highest BCUT2D eigenvalue weighted by Gasteiger charge is 2.30. The van der Waals surface area contributed by atoms with Crippen LogP contribution in [0.25, 0.3) is 0 Å². The topological polar surface area (TPSA) is 79.3 Å². The molecule has 1 rings (SSSR count). The van der Waals surface area contributed by atoms with Crippen molar-refractivity contribution in [2.45, 2.75) is 20.3 Å². The van der Waals surface area contributed by atoms with Crippen LogP contribution in [0.1, 0.15) is 20.3 Å². The maximum atomic E-state index is 11.8. The van der Waals surface area contributed by atoms with Gasteiger partial charge in [-0.1, -0.05) is 13.8 Å². The molecule has 0 saturated carbocycles. The maximum absolute atomic E-state index is 11.8. The fourth-order valence-electron chi connectivity index (χ4n) is 1.19. The molecule has 86 valence electrons. The normalized spacial score (nSPS) is 10.9. The SMILES string of the molecule is CC(C)(CC(=O)O)C(=O)Nc1ccncc1. The average molecular weight is 222 g/mol. The zero-order valence-corrected chi connectivity index (χ0v) is 9.23. The van der Waals surface area contributed by atoms with Crippen molar-refractivity contribution in [3.8, 4) is 0 Å². The largest absolute Gasteiger partial charge is 0.481 e. The molecule has 1 aromatic rings. The van der Waals surface area contributed by atoms with Crippen LogP contribution in [-0.4, -0.2) is 22.0 Å². The molecule has 0 saturated heterocycles. The summed E-state index contributed by atoms with van der Waals surface area (Å²) < 4.78 is 0. The molecule has 5 heteroatoms. The first kappa shape index (κ1) is 12.2. The average Bonchev–Trinajstić information content (AvgIpc) is 2.17. The third-order valence-corrected chi connectivity index (χ3v) is 2.15. The highest BCUT2D eigenvalue weighted by atomic mass is 16.4. The Bertz CT molecular complexity index is 387. The predicted molar refractivity (Wildman–Crippen MR) is 58.9 cm³/mol. The van der Waals surface area contributed by atoms with Crippen molar-refractivity contribution in [3.05, 3.63) is 24.5 Å². The molecule has 2 N–H and O–H groups in total. The van der Waals surface area contributed by atoms with Crippen molar-refractivity contribution >= 4 is 17.6 Å². The van der Waals surface area contributed by atoms with E-state index in [1.54, 1.807) is 38.4 Å². The van der Waals surface area contributed by atoms with Gasteiger partial charge in [-0.3, -0.25) is 14.6 Å². The second-order valence-electron chi connectivity index (χ2n) is 4.14. The number of carbonyl (C=O) groups excluding carboxylic acids is 1. The summed E-state index contributed by atoms with van der Waals surface area (Å²) in [6.07, 6.45) is 2.91. The fraction of sp³-hybridized carbons (Fsp3) is 0.364. The lowest BCUT2D eigenvalue weighted by Crippen LogP contribution is -2.32. The van der Waals surface area contributed by atoms with Crippen LogP contribution < -0.4 is 5.32 Å². The number of hydrogen-bond donors (Lipinski definition) is 2. The van der Waals surface area contributed by atoms with Crippen LogP contribution in [0.3, 0.4) is 0 Å². The van der Waals surface area contributed by atoms with E-state index in [9.17, 15) is 9.59 Å². The predicted octanol–water partition coefficient (Wildman–Crippen LogP) is 1.52. The maximum Gasteiger partial charge on any atom is 0.304 e. The van der Waals surface area contributed by atoms with Crippen LogP contribution >= 0.6 is 0 Å². The third-order valence-electron chi connectivity index (χ3n) is 2.15. The molecule has 0 fully saturated rings. The van der Waals surface area contributed by atoms with Crippen molar-refractivity contribution in [1.29, 1.82) is 0 Å². The Morgan fingerprint density at radius 1 is 1.38 bits per heavy atom. The van der Waals surface area contributed by atoms with E-state index in [-0.39, 0.29) is 12.3 Å². The minimum absolute atomic E-state index is 0.204. The number of carboxylic acid groups (broad SMARTS) is 1. The Morgan fingerprint density at radius 3 is 2.44 bits per heavy atom. The molecule has 0 aliphatic carbocycles. The van der Waals surface area contributed by atoms with Crippen LogP contribution in [0.4, 0.5) is 5.69 Å². The molecule has 1 amide bonds. The van der Waals surface area contributed by atoms with Crippen molar-refractivity contribution in [3.63, 3.8) is 0 Å². The second-order valence-corrected chi connectivity index (χ2v) is 4.14. The van der Waals surface area contributed by atoms with E-state index in [0.717, 1.165) is 0 Å². The van der Waals surface area contributed by atoms with E-state index in [1.807, 2.05) is 0 Å². The molecule has 0 aromatic carbocycles. The molecule has 0 aliphatic heterocycles. The Morgan fingerprint density at radius 2 is 1.94 bits per heavy atom. The van der Waals surface area contributed by atoms with Gasteiger partial charge in [-0.15, -0.1) is 0 Å². The van der Waals surface area contributed by atoms with Crippen LogP contribution in [0.15, 0.2) is 24.5 Å². The zero-order chi connectivity index (χ0) is 12.2. The summed E-state index contributed by atoms with van der Waals surface area (Å²) in [6, 6.07) is 3.30. The van der Waals surface area contributed by atoms with Gasteiger partial charge in [0.1, 0.15) is 0 Å². The van der Waals surface area contributed by atoms with Crippen LogP contribution in [-0.2, 0) is 9.59 Å². The van der Waals surface area contributed by atoms with Gasteiger partial charge in [-0.2, -0.15) is 0 Å². The summed E-state index contributed by atoms with van der Waals surface area (Å²) in [4.78, 5) is 26.2. The molecule has 5 nitrogen and oxygen atoms in total. The molecule has 0 unspecified atom stereocenters. The van der Waals surface area contributed by atoms with Crippen molar-refractivity contribution in [2.75, 3.05) is 5.32 Å². The summed E-state index contributed by atoms with van der Waals surface area (Å²) in [5, 5.41) is 11.3. The monoisotopic (exact) mass is 222 g/mol. The first-order chi connectivity index (χ1) is 7.42. The van der Waals surface area contributed by atoms with Crippen molar-refractivity contribution in [2.24, 2.45) is 5.41 Å². The minimum atomic E-state index is -0.991. The highest BCUT2D eigenvalue weighted by molar-refractivity contribution is 5.96. The van der Waals surface area contributed by atoms with E-state index in [2.05, 4.69) is 10.3 Å². The zero-order valence-electron chi connectivity index (χ0n) is 9.23. The number of nitrogens with zero attached hydrogens (tertiary/aromatic N) is 1. The number of carbonyl (C=O) groups is 2. The lowest BCUT2D eigenvalue weighted by Gasteiger charge is -2.21. The molecular formula is C11H14N2O3. The number of carboxylic acids is 1. The van der Waals surface area contributed by atoms with Crippen LogP contribution in [0.5, 0.6) is 0 Å². The number of nitrogens with one attached hydrogen (secondary N) is 1. The van der Waals surface area contributed by atoms with Crippen molar-refractivity contribution in [1.82, 2.24) is 4.98 Å². The van der Waals surface area contributed by atoms with Gasteiger partial charge >= 0.3 is 5.97 Å². The standard InChI is InChI=1S/C11H14N2O3/c1-11(2,7-9(14)15)10(16)13-8-3-5-12-6-4-8/h3-6H,7H2,1-2H3,(H,14,15)(H,12,13,16). The summed E-state index contributed by atoms with van der Waals surface area (Å²) in [5.74, 6) is -1.31. The number of amides is 1. The third kappa shape index (κ3) is 3.34. The molecular weight excluding hydrogens is 208 g/mol. The molecule has 0 aliphatic rings. The summed E-state index contributed by atoms with van der Waals surface area (Å²) in [6.45, 7) is 3.19. The number of hydrogen-bond acceptors (Lipinski definition) is 3. The number of rotatable bonds is 4. The number of aromatic nitrogens is 1. The molecule has 0 radical (unpaired) electrons. The Hall–Kier alpha value is -1.91.